The smallest absolute Gasteiger partial charge is 0.241 e. The lowest BCUT2D eigenvalue weighted by Gasteiger charge is -2.19. The molecule has 3 aromatic rings. The Morgan fingerprint density at radius 3 is 2.91 bits per heavy atom. The minimum Gasteiger partial charge on any atom is -0.338 e. The molecule has 1 fully saturated rings. The fourth-order valence-corrected chi connectivity index (χ4v) is 3.01. The van der Waals surface area contributed by atoms with Crippen LogP contribution in [0.2, 0.25) is 0 Å². The Labute approximate surface area is 133 Å². The molecule has 2 aromatic heterocycles. The average Bonchev–Trinajstić information content (AvgIpc) is 3.29. The molecule has 3 heterocycles. The van der Waals surface area contributed by atoms with Crippen LogP contribution in [0.1, 0.15) is 36.4 Å². The fourth-order valence-electron chi connectivity index (χ4n) is 3.01. The van der Waals surface area contributed by atoms with Crippen molar-refractivity contribution in [3.8, 4) is 11.4 Å². The van der Waals surface area contributed by atoms with Crippen molar-refractivity contribution in [3.05, 3.63) is 47.9 Å². The van der Waals surface area contributed by atoms with Crippen molar-refractivity contribution in [3.63, 3.8) is 0 Å². The Kier molecular flexibility index (Phi) is 3.63. The molecule has 4 rings (SSSR count). The zero-order valence-corrected chi connectivity index (χ0v) is 12.9. The van der Waals surface area contributed by atoms with E-state index in [0.717, 1.165) is 36.6 Å². The molecule has 0 bridgehead atoms. The van der Waals surface area contributed by atoms with Crippen LogP contribution in [-0.2, 0) is 6.54 Å². The molecule has 0 saturated carbocycles. The topological polar surface area (TPSA) is 83.7 Å². The Morgan fingerprint density at radius 1 is 1.26 bits per heavy atom. The van der Waals surface area contributed by atoms with Gasteiger partial charge in [-0.15, -0.1) is 0 Å². The summed E-state index contributed by atoms with van der Waals surface area (Å²) in [4.78, 5) is 11.3. The highest BCUT2D eigenvalue weighted by Crippen LogP contribution is 2.31. The molecule has 7 nitrogen and oxygen atoms in total. The molecule has 1 aromatic carbocycles. The number of benzene rings is 1. The van der Waals surface area contributed by atoms with Gasteiger partial charge in [-0.25, -0.2) is 4.98 Å². The predicted octanol–water partition coefficient (Wildman–Crippen LogP) is 2.50. The van der Waals surface area contributed by atoms with Gasteiger partial charge in [-0.05, 0) is 26.3 Å². The zero-order valence-electron chi connectivity index (χ0n) is 12.9. The molecule has 1 aliphatic heterocycles. The van der Waals surface area contributed by atoms with E-state index < -0.39 is 0 Å². The molecule has 23 heavy (non-hydrogen) atoms. The lowest BCUT2D eigenvalue weighted by atomic mass is 10.2. The second-order valence-corrected chi connectivity index (χ2v) is 5.79. The van der Waals surface area contributed by atoms with Gasteiger partial charge in [0, 0.05) is 5.56 Å². The molecule has 0 aliphatic carbocycles. The normalized spacial score (nSPS) is 18.6. The highest BCUT2D eigenvalue weighted by Gasteiger charge is 2.30. The fraction of sp³-hybridized carbons (Fsp3) is 0.375. The van der Waals surface area contributed by atoms with Crippen LogP contribution in [-0.4, -0.2) is 36.8 Å². The van der Waals surface area contributed by atoms with Crippen molar-refractivity contribution < 1.29 is 4.52 Å². The van der Waals surface area contributed by atoms with Crippen molar-refractivity contribution in [1.82, 2.24) is 30.2 Å². The first-order chi connectivity index (χ1) is 11.3. The first kappa shape index (κ1) is 14.1. The van der Waals surface area contributed by atoms with E-state index in [-0.39, 0.29) is 6.04 Å². The third-order valence-electron chi connectivity index (χ3n) is 4.11. The van der Waals surface area contributed by atoms with Gasteiger partial charge in [-0.1, -0.05) is 35.5 Å². The number of nitrogens with zero attached hydrogens (tertiary/aromatic N) is 5. The number of hydrogen-bond acceptors (Lipinski definition) is 6. The third-order valence-corrected chi connectivity index (χ3v) is 4.11. The maximum atomic E-state index is 5.42. The van der Waals surface area contributed by atoms with E-state index in [1.54, 1.807) is 0 Å². The van der Waals surface area contributed by atoms with Gasteiger partial charge >= 0.3 is 0 Å². The summed E-state index contributed by atoms with van der Waals surface area (Å²) in [5.41, 5.74) is 0.963. The number of aromatic amines is 1. The van der Waals surface area contributed by atoms with Crippen LogP contribution >= 0.6 is 0 Å². The summed E-state index contributed by atoms with van der Waals surface area (Å²) < 4.78 is 5.42. The largest absolute Gasteiger partial charge is 0.338 e. The van der Waals surface area contributed by atoms with Gasteiger partial charge in [0.1, 0.15) is 5.82 Å². The van der Waals surface area contributed by atoms with Crippen LogP contribution in [0.4, 0.5) is 0 Å². The van der Waals surface area contributed by atoms with Gasteiger partial charge in [0.15, 0.2) is 5.82 Å². The molecule has 1 N–H and O–H groups in total. The lowest BCUT2D eigenvalue weighted by molar-refractivity contribution is 0.206. The van der Waals surface area contributed by atoms with E-state index in [4.69, 9.17) is 4.52 Å². The van der Waals surface area contributed by atoms with Crippen LogP contribution in [0.5, 0.6) is 0 Å². The van der Waals surface area contributed by atoms with Crippen molar-refractivity contribution in [2.75, 3.05) is 6.54 Å². The van der Waals surface area contributed by atoms with Crippen molar-refractivity contribution in [2.45, 2.75) is 32.4 Å². The standard InChI is InChI=1S/C16H18N6O/c1-11-17-16(20-19-11)13-8-5-9-22(13)10-14-18-15(21-23-14)12-6-3-2-4-7-12/h2-4,6-7,13H,5,8-10H2,1H3,(H,17,19,20)/t13-/m0/s1. The van der Waals surface area contributed by atoms with Gasteiger partial charge in [0.25, 0.3) is 0 Å². The zero-order chi connectivity index (χ0) is 15.6. The molecule has 7 heteroatoms. The molecule has 0 radical (unpaired) electrons. The van der Waals surface area contributed by atoms with E-state index in [2.05, 4.69) is 30.2 Å². The van der Waals surface area contributed by atoms with E-state index in [9.17, 15) is 0 Å². The van der Waals surface area contributed by atoms with Crippen LogP contribution in [0.15, 0.2) is 34.9 Å². The van der Waals surface area contributed by atoms with Gasteiger partial charge in [0.2, 0.25) is 11.7 Å². The minimum absolute atomic E-state index is 0.215. The Hall–Kier alpha value is -2.54. The number of H-pyrrole nitrogens is 1. The first-order valence-electron chi connectivity index (χ1n) is 7.80. The van der Waals surface area contributed by atoms with Crippen LogP contribution < -0.4 is 0 Å². The number of rotatable bonds is 4. The molecule has 1 atom stereocenters. The monoisotopic (exact) mass is 310 g/mol. The molecule has 0 amide bonds. The highest BCUT2D eigenvalue weighted by molar-refractivity contribution is 5.53. The highest BCUT2D eigenvalue weighted by atomic mass is 16.5. The third kappa shape index (κ3) is 2.87. The van der Waals surface area contributed by atoms with Crippen molar-refractivity contribution in [1.29, 1.82) is 0 Å². The first-order valence-corrected chi connectivity index (χ1v) is 7.80. The summed E-state index contributed by atoms with van der Waals surface area (Å²) >= 11 is 0. The van der Waals surface area contributed by atoms with Gasteiger partial charge in [-0.2, -0.15) is 10.1 Å². The molecule has 1 aliphatic rings. The summed E-state index contributed by atoms with van der Waals surface area (Å²) in [7, 11) is 0. The van der Waals surface area contributed by atoms with Crippen molar-refractivity contribution >= 4 is 0 Å². The van der Waals surface area contributed by atoms with E-state index in [0.29, 0.717) is 18.3 Å². The van der Waals surface area contributed by atoms with E-state index in [1.165, 1.54) is 0 Å². The average molecular weight is 310 g/mol. The Balaban J connectivity index is 1.50. The lowest BCUT2D eigenvalue weighted by Crippen LogP contribution is -2.23. The predicted molar refractivity (Wildman–Crippen MR) is 83.2 cm³/mol. The van der Waals surface area contributed by atoms with Gasteiger partial charge in [-0.3, -0.25) is 10.00 Å². The van der Waals surface area contributed by atoms with Gasteiger partial charge in [0.05, 0.1) is 12.6 Å². The molecule has 118 valence electrons. The Morgan fingerprint density at radius 2 is 2.13 bits per heavy atom. The number of nitrogens with one attached hydrogen (secondary N) is 1. The second kappa shape index (κ2) is 5.92. The SMILES string of the molecule is Cc1nc([C@@H]2CCCN2Cc2nc(-c3ccccc3)no2)n[nH]1. The molecule has 1 saturated heterocycles. The maximum Gasteiger partial charge on any atom is 0.241 e. The molecule has 0 unspecified atom stereocenters. The van der Waals surface area contributed by atoms with Crippen LogP contribution in [0, 0.1) is 6.92 Å². The Bertz CT molecular complexity index is 781. The quantitative estimate of drug-likeness (QED) is 0.797. The van der Waals surface area contributed by atoms with Crippen LogP contribution in [0.25, 0.3) is 11.4 Å². The molecule has 0 spiro atoms. The van der Waals surface area contributed by atoms with Gasteiger partial charge < -0.3 is 4.52 Å². The summed E-state index contributed by atoms with van der Waals surface area (Å²) in [5.74, 6) is 2.95. The maximum absolute atomic E-state index is 5.42. The summed E-state index contributed by atoms with van der Waals surface area (Å²) in [6.45, 7) is 3.53. The minimum atomic E-state index is 0.215. The summed E-state index contributed by atoms with van der Waals surface area (Å²) in [6, 6.07) is 10.1. The number of likely N-dealkylation sites (tertiary alicyclic amines) is 1. The number of hydrogen-bond donors (Lipinski definition) is 1. The summed E-state index contributed by atoms with van der Waals surface area (Å²) in [6.07, 6.45) is 2.18. The summed E-state index contributed by atoms with van der Waals surface area (Å²) in [5, 5.41) is 11.3. The van der Waals surface area contributed by atoms with Crippen molar-refractivity contribution in [2.24, 2.45) is 0 Å². The second-order valence-electron chi connectivity index (χ2n) is 5.79. The van der Waals surface area contributed by atoms with E-state index >= 15 is 0 Å². The molecular formula is C16H18N6O. The van der Waals surface area contributed by atoms with Crippen LogP contribution in [0.3, 0.4) is 0 Å². The number of aromatic nitrogens is 5. The molecular weight excluding hydrogens is 292 g/mol. The van der Waals surface area contributed by atoms with E-state index in [1.807, 2.05) is 37.3 Å². The number of aryl methyl sites for hydroxylation is 1.